The predicted molar refractivity (Wildman–Crippen MR) is 86.0 cm³/mol. The maximum atomic E-state index is 6.48. The first kappa shape index (κ1) is 16.1. The average Bonchev–Trinajstić information content (AvgIpc) is 2.86. The minimum absolute atomic E-state index is 0.0651. The van der Waals surface area contributed by atoms with Gasteiger partial charge in [-0.25, -0.2) is 0 Å². The Bertz CT molecular complexity index is 464. The van der Waals surface area contributed by atoms with Crippen LogP contribution in [0.5, 0.6) is 11.5 Å². The molecule has 3 atom stereocenters. The molecule has 1 aliphatic heterocycles. The smallest absolute Gasteiger partial charge is 0.123 e. The summed E-state index contributed by atoms with van der Waals surface area (Å²) in [5.74, 6) is 1.66. The van der Waals surface area contributed by atoms with Gasteiger partial charge in [0.25, 0.3) is 0 Å². The molecule has 1 aliphatic rings. The number of nitrogens with zero attached hydrogens (tertiary/aromatic N) is 1. The fraction of sp³-hybridized carbons (Fsp3) is 0.647. The van der Waals surface area contributed by atoms with Crippen molar-refractivity contribution in [2.24, 2.45) is 5.73 Å². The van der Waals surface area contributed by atoms with Crippen LogP contribution in [0.4, 0.5) is 0 Å². The van der Waals surface area contributed by atoms with Gasteiger partial charge in [0.15, 0.2) is 0 Å². The van der Waals surface area contributed by atoms with Crippen LogP contribution in [0, 0.1) is 0 Å². The van der Waals surface area contributed by atoms with Crippen molar-refractivity contribution in [1.82, 2.24) is 4.90 Å². The monoisotopic (exact) mass is 292 g/mol. The van der Waals surface area contributed by atoms with Gasteiger partial charge >= 0.3 is 0 Å². The lowest BCUT2D eigenvalue weighted by Gasteiger charge is -2.31. The van der Waals surface area contributed by atoms with Crippen LogP contribution in [0.15, 0.2) is 18.2 Å². The van der Waals surface area contributed by atoms with Gasteiger partial charge in [0.05, 0.1) is 14.2 Å². The Morgan fingerprint density at radius 1 is 1.29 bits per heavy atom. The SMILES string of the molecule is CCC1CCC(C)N1CC(N)c1cc(OC)ccc1OC. The van der Waals surface area contributed by atoms with Crippen molar-refractivity contribution in [3.05, 3.63) is 23.8 Å². The Balaban J connectivity index is 2.17. The molecule has 3 unspecified atom stereocenters. The molecule has 0 bridgehead atoms. The number of benzene rings is 1. The average molecular weight is 292 g/mol. The van der Waals surface area contributed by atoms with Crippen molar-refractivity contribution in [3.8, 4) is 11.5 Å². The van der Waals surface area contributed by atoms with E-state index in [4.69, 9.17) is 15.2 Å². The Morgan fingerprint density at radius 2 is 2.05 bits per heavy atom. The van der Waals surface area contributed by atoms with Gasteiger partial charge in [-0.1, -0.05) is 6.92 Å². The van der Waals surface area contributed by atoms with Crippen LogP contribution in [-0.4, -0.2) is 37.7 Å². The van der Waals surface area contributed by atoms with Crippen molar-refractivity contribution in [2.75, 3.05) is 20.8 Å². The number of nitrogens with two attached hydrogens (primary N) is 1. The second-order valence-electron chi connectivity index (χ2n) is 5.90. The molecule has 1 aromatic carbocycles. The van der Waals surface area contributed by atoms with Crippen LogP contribution in [0.2, 0.25) is 0 Å². The maximum Gasteiger partial charge on any atom is 0.123 e. The Kier molecular flexibility index (Phi) is 5.48. The van der Waals surface area contributed by atoms with E-state index in [9.17, 15) is 0 Å². The second-order valence-corrected chi connectivity index (χ2v) is 5.90. The molecule has 4 nitrogen and oxygen atoms in total. The molecule has 1 aromatic rings. The van der Waals surface area contributed by atoms with Crippen molar-refractivity contribution in [1.29, 1.82) is 0 Å². The lowest BCUT2D eigenvalue weighted by Crippen LogP contribution is -2.39. The quantitative estimate of drug-likeness (QED) is 0.875. The maximum absolute atomic E-state index is 6.48. The van der Waals surface area contributed by atoms with Crippen LogP contribution in [0.3, 0.4) is 0 Å². The highest BCUT2D eigenvalue weighted by molar-refractivity contribution is 5.42. The van der Waals surface area contributed by atoms with Gasteiger partial charge in [0, 0.05) is 30.2 Å². The van der Waals surface area contributed by atoms with Gasteiger partial charge in [0.1, 0.15) is 11.5 Å². The second kappa shape index (κ2) is 7.14. The molecule has 0 aliphatic carbocycles. The molecule has 4 heteroatoms. The number of ether oxygens (including phenoxy) is 2. The van der Waals surface area contributed by atoms with Gasteiger partial charge in [0.2, 0.25) is 0 Å². The predicted octanol–water partition coefficient (Wildman–Crippen LogP) is 2.97. The minimum Gasteiger partial charge on any atom is -0.497 e. The molecule has 1 heterocycles. The van der Waals surface area contributed by atoms with E-state index in [1.54, 1.807) is 14.2 Å². The number of hydrogen-bond donors (Lipinski definition) is 1. The molecule has 0 radical (unpaired) electrons. The van der Waals surface area contributed by atoms with E-state index >= 15 is 0 Å². The first-order valence-corrected chi connectivity index (χ1v) is 7.83. The molecule has 2 rings (SSSR count). The normalized spacial score (nSPS) is 24.0. The Morgan fingerprint density at radius 3 is 2.67 bits per heavy atom. The van der Waals surface area contributed by atoms with Gasteiger partial charge in [-0.2, -0.15) is 0 Å². The van der Waals surface area contributed by atoms with Gasteiger partial charge in [-0.05, 0) is 44.4 Å². The van der Waals surface area contributed by atoms with Crippen LogP contribution < -0.4 is 15.2 Å². The first-order chi connectivity index (χ1) is 10.1. The third-order valence-electron chi connectivity index (χ3n) is 4.67. The Labute approximate surface area is 128 Å². The number of rotatable bonds is 6. The summed E-state index contributed by atoms with van der Waals surface area (Å²) in [6.07, 6.45) is 3.73. The van der Waals surface area contributed by atoms with E-state index in [0.29, 0.717) is 12.1 Å². The summed E-state index contributed by atoms with van der Waals surface area (Å²) in [6.45, 7) is 5.42. The highest BCUT2D eigenvalue weighted by atomic mass is 16.5. The molecule has 0 saturated carbocycles. The molecular formula is C17H28N2O2. The molecule has 0 spiro atoms. The minimum atomic E-state index is -0.0651. The molecule has 1 saturated heterocycles. The summed E-state index contributed by atoms with van der Waals surface area (Å²) in [5.41, 5.74) is 7.50. The van der Waals surface area contributed by atoms with Crippen molar-refractivity contribution < 1.29 is 9.47 Å². The van der Waals surface area contributed by atoms with E-state index in [1.807, 2.05) is 18.2 Å². The highest BCUT2D eigenvalue weighted by Gasteiger charge is 2.31. The molecular weight excluding hydrogens is 264 g/mol. The molecule has 0 aromatic heterocycles. The fourth-order valence-corrected chi connectivity index (χ4v) is 3.35. The molecule has 0 amide bonds. The third kappa shape index (κ3) is 3.50. The van der Waals surface area contributed by atoms with Crippen molar-refractivity contribution in [2.45, 2.75) is 51.2 Å². The van der Waals surface area contributed by atoms with Crippen molar-refractivity contribution in [3.63, 3.8) is 0 Å². The Hall–Kier alpha value is -1.26. The highest BCUT2D eigenvalue weighted by Crippen LogP contribution is 2.32. The zero-order chi connectivity index (χ0) is 15.4. The lowest BCUT2D eigenvalue weighted by molar-refractivity contribution is 0.185. The third-order valence-corrected chi connectivity index (χ3v) is 4.67. The molecule has 2 N–H and O–H groups in total. The zero-order valence-electron chi connectivity index (χ0n) is 13.6. The molecule has 118 valence electrons. The number of methoxy groups -OCH3 is 2. The summed E-state index contributed by atoms with van der Waals surface area (Å²) in [6, 6.07) is 7.02. The largest absolute Gasteiger partial charge is 0.497 e. The van der Waals surface area contributed by atoms with Crippen LogP contribution in [-0.2, 0) is 0 Å². The molecule has 1 fully saturated rings. The number of hydrogen-bond acceptors (Lipinski definition) is 4. The van der Waals surface area contributed by atoms with E-state index in [-0.39, 0.29) is 6.04 Å². The van der Waals surface area contributed by atoms with Gasteiger partial charge in [-0.3, -0.25) is 4.90 Å². The standard InChI is InChI=1S/C17H28N2O2/c1-5-13-7-6-12(2)19(13)11-16(18)15-10-14(20-3)8-9-17(15)21-4/h8-10,12-13,16H,5-7,11,18H2,1-4H3. The first-order valence-electron chi connectivity index (χ1n) is 7.83. The lowest BCUT2D eigenvalue weighted by atomic mass is 10.0. The summed E-state index contributed by atoms with van der Waals surface area (Å²) in [5, 5.41) is 0. The number of likely N-dealkylation sites (tertiary alicyclic amines) is 1. The summed E-state index contributed by atoms with van der Waals surface area (Å²) >= 11 is 0. The van der Waals surface area contributed by atoms with Crippen LogP contribution in [0.1, 0.15) is 44.7 Å². The van der Waals surface area contributed by atoms with E-state index in [1.165, 1.54) is 19.3 Å². The summed E-state index contributed by atoms with van der Waals surface area (Å²) < 4.78 is 10.8. The van der Waals surface area contributed by atoms with E-state index in [2.05, 4.69) is 18.7 Å². The molecule has 21 heavy (non-hydrogen) atoms. The van der Waals surface area contributed by atoms with Crippen molar-refractivity contribution >= 4 is 0 Å². The van der Waals surface area contributed by atoms with E-state index < -0.39 is 0 Å². The van der Waals surface area contributed by atoms with Gasteiger partial charge in [-0.15, -0.1) is 0 Å². The topological polar surface area (TPSA) is 47.7 Å². The van der Waals surface area contributed by atoms with Crippen LogP contribution in [0.25, 0.3) is 0 Å². The summed E-state index contributed by atoms with van der Waals surface area (Å²) in [7, 11) is 3.36. The summed E-state index contributed by atoms with van der Waals surface area (Å²) in [4.78, 5) is 2.55. The fourth-order valence-electron chi connectivity index (χ4n) is 3.35. The van der Waals surface area contributed by atoms with Crippen LogP contribution >= 0.6 is 0 Å². The van der Waals surface area contributed by atoms with E-state index in [0.717, 1.165) is 23.6 Å². The van der Waals surface area contributed by atoms with Gasteiger partial charge < -0.3 is 15.2 Å². The zero-order valence-corrected chi connectivity index (χ0v) is 13.6.